The van der Waals surface area contributed by atoms with Gasteiger partial charge in [0.15, 0.2) is 5.78 Å². The number of ether oxygens (including phenoxy) is 1. The van der Waals surface area contributed by atoms with E-state index in [9.17, 15) is 4.79 Å². The van der Waals surface area contributed by atoms with Crippen LogP contribution in [0.1, 0.15) is 42.3 Å². The maximum Gasteiger partial charge on any atom is 0.180 e. The predicted molar refractivity (Wildman–Crippen MR) is 120 cm³/mol. The van der Waals surface area contributed by atoms with Gasteiger partial charge in [-0.25, -0.2) is 0 Å². The molecule has 3 rings (SSSR count). The van der Waals surface area contributed by atoms with E-state index >= 15 is 0 Å². The largest absolute Gasteiger partial charge is 0.378 e. The molecular formula is C25H34N2O2. The van der Waals surface area contributed by atoms with Crippen molar-refractivity contribution in [1.82, 2.24) is 4.90 Å². The number of Topliss-reactive ketones (excluding diaryl/α,β-unsaturated/α-hetero) is 1. The smallest absolute Gasteiger partial charge is 0.180 e. The van der Waals surface area contributed by atoms with Gasteiger partial charge in [-0.2, -0.15) is 0 Å². The van der Waals surface area contributed by atoms with E-state index in [2.05, 4.69) is 67.0 Å². The number of carbonyl (C=O) groups is 1. The Bertz CT molecular complexity index is 760. The van der Waals surface area contributed by atoms with Gasteiger partial charge in [0.05, 0.1) is 19.3 Å². The summed E-state index contributed by atoms with van der Waals surface area (Å²) >= 11 is 0. The van der Waals surface area contributed by atoms with Gasteiger partial charge < -0.3 is 9.64 Å². The highest BCUT2D eigenvalue weighted by atomic mass is 16.5. The quantitative estimate of drug-likeness (QED) is 0.596. The highest BCUT2D eigenvalue weighted by Gasteiger charge is 2.25. The number of aryl methyl sites for hydroxylation is 1. The van der Waals surface area contributed by atoms with E-state index in [0.29, 0.717) is 0 Å². The summed E-state index contributed by atoms with van der Waals surface area (Å²) < 4.78 is 5.44. The first-order valence-corrected chi connectivity index (χ1v) is 10.9. The van der Waals surface area contributed by atoms with Crippen LogP contribution in [0.25, 0.3) is 0 Å². The minimum absolute atomic E-state index is 0.133. The fraction of sp³-hybridized carbons (Fsp3) is 0.480. The monoisotopic (exact) mass is 394 g/mol. The molecule has 4 heteroatoms. The van der Waals surface area contributed by atoms with E-state index in [1.54, 1.807) is 0 Å². The molecule has 2 aromatic carbocycles. The molecule has 0 bridgehead atoms. The van der Waals surface area contributed by atoms with Crippen molar-refractivity contribution in [2.45, 2.75) is 39.7 Å². The zero-order valence-corrected chi connectivity index (χ0v) is 18.1. The average Bonchev–Trinajstić information content (AvgIpc) is 2.80. The van der Waals surface area contributed by atoms with Crippen LogP contribution in [-0.2, 0) is 17.6 Å². The van der Waals surface area contributed by atoms with Crippen LogP contribution in [-0.4, -0.2) is 56.1 Å². The normalized spacial score (nSPS) is 15.5. The van der Waals surface area contributed by atoms with Crippen molar-refractivity contribution in [3.8, 4) is 0 Å². The lowest BCUT2D eigenvalue weighted by Crippen LogP contribution is -2.42. The Kier molecular flexibility index (Phi) is 7.84. The van der Waals surface area contributed by atoms with Crippen LogP contribution in [0.3, 0.4) is 0 Å². The minimum atomic E-state index is -0.133. The number of likely N-dealkylation sites (N-methyl/N-ethyl adjacent to an activating group) is 1. The highest BCUT2D eigenvalue weighted by molar-refractivity contribution is 6.00. The molecule has 1 heterocycles. The van der Waals surface area contributed by atoms with Crippen molar-refractivity contribution < 1.29 is 9.53 Å². The lowest BCUT2D eigenvalue weighted by Gasteiger charge is -2.30. The summed E-state index contributed by atoms with van der Waals surface area (Å²) in [6, 6.07) is 16.7. The number of hydrogen-bond donors (Lipinski definition) is 0. The van der Waals surface area contributed by atoms with Crippen LogP contribution >= 0.6 is 0 Å². The summed E-state index contributed by atoms with van der Waals surface area (Å²) in [5.74, 6) is 0.210. The van der Waals surface area contributed by atoms with Gasteiger partial charge in [0.1, 0.15) is 0 Å². The Morgan fingerprint density at radius 2 is 1.52 bits per heavy atom. The number of rotatable bonds is 9. The molecule has 0 spiro atoms. The van der Waals surface area contributed by atoms with Crippen molar-refractivity contribution in [2.24, 2.45) is 0 Å². The molecule has 1 aliphatic heterocycles. The van der Waals surface area contributed by atoms with Gasteiger partial charge in [-0.3, -0.25) is 9.69 Å². The summed E-state index contributed by atoms with van der Waals surface area (Å²) in [4.78, 5) is 18.0. The zero-order chi connectivity index (χ0) is 20.6. The number of anilines is 1. The SMILES string of the molecule is CCc1ccc(CC(C(=O)c2ccc(N3CCOCC3)cc2)N(CC)CC)cc1. The summed E-state index contributed by atoms with van der Waals surface area (Å²) in [5, 5.41) is 0. The molecule has 0 aromatic heterocycles. The van der Waals surface area contributed by atoms with Crippen molar-refractivity contribution in [3.05, 3.63) is 65.2 Å². The number of hydrogen-bond acceptors (Lipinski definition) is 4. The molecule has 156 valence electrons. The van der Waals surface area contributed by atoms with Gasteiger partial charge in [0.25, 0.3) is 0 Å². The van der Waals surface area contributed by atoms with Crippen molar-refractivity contribution in [3.63, 3.8) is 0 Å². The Labute approximate surface area is 175 Å². The minimum Gasteiger partial charge on any atom is -0.378 e. The van der Waals surface area contributed by atoms with Crippen molar-refractivity contribution in [2.75, 3.05) is 44.3 Å². The van der Waals surface area contributed by atoms with Crippen LogP contribution in [0, 0.1) is 0 Å². The van der Waals surface area contributed by atoms with E-state index < -0.39 is 0 Å². The molecule has 0 N–H and O–H groups in total. The predicted octanol–water partition coefficient (Wildman–Crippen LogP) is 4.22. The van der Waals surface area contributed by atoms with Gasteiger partial charge >= 0.3 is 0 Å². The van der Waals surface area contributed by atoms with Crippen LogP contribution in [0.15, 0.2) is 48.5 Å². The molecule has 1 fully saturated rings. The van der Waals surface area contributed by atoms with Crippen LogP contribution in [0.5, 0.6) is 0 Å². The summed E-state index contributed by atoms with van der Waals surface area (Å²) in [6.45, 7) is 11.5. The third-order valence-corrected chi connectivity index (χ3v) is 5.94. The molecular weight excluding hydrogens is 360 g/mol. The molecule has 1 aliphatic rings. The molecule has 0 amide bonds. The van der Waals surface area contributed by atoms with E-state index in [1.165, 1.54) is 16.8 Å². The third kappa shape index (κ3) is 5.46. The van der Waals surface area contributed by atoms with E-state index in [1.807, 2.05) is 12.1 Å². The first-order chi connectivity index (χ1) is 14.2. The summed E-state index contributed by atoms with van der Waals surface area (Å²) in [7, 11) is 0. The Hall–Kier alpha value is -2.17. The first kappa shape index (κ1) is 21.5. The van der Waals surface area contributed by atoms with E-state index in [0.717, 1.165) is 57.8 Å². The first-order valence-electron chi connectivity index (χ1n) is 10.9. The van der Waals surface area contributed by atoms with Gasteiger partial charge in [0, 0.05) is 24.3 Å². The van der Waals surface area contributed by atoms with Crippen molar-refractivity contribution >= 4 is 11.5 Å². The molecule has 0 aliphatic carbocycles. The van der Waals surface area contributed by atoms with Crippen LogP contribution < -0.4 is 4.90 Å². The fourth-order valence-electron chi connectivity index (χ4n) is 4.04. The highest BCUT2D eigenvalue weighted by Crippen LogP contribution is 2.20. The second-order valence-corrected chi connectivity index (χ2v) is 7.62. The maximum atomic E-state index is 13.4. The fourth-order valence-corrected chi connectivity index (χ4v) is 4.04. The zero-order valence-electron chi connectivity index (χ0n) is 18.1. The number of carbonyl (C=O) groups excluding carboxylic acids is 1. The van der Waals surface area contributed by atoms with E-state index in [4.69, 9.17) is 4.74 Å². The van der Waals surface area contributed by atoms with Crippen LogP contribution in [0.4, 0.5) is 5.69 Å². The van der Waals surface area contributed by atoms with E-state index in [-0.39, 0.29) is 11.8 Å². The molecule has 0 radical (unpaired) electrons. The Morgan fingerprint density at radius 3 is 2.07 bits per heavy atom. The lowest BCUT2D eigenvalue weighted by molar-refractivity contribution is 0.0830. The van der Waals surface area contributed by atoms with Gasteiger partial charge in [-0.1, -0.05) is 45.0 Å². The molecule has 0 saturated carbocycles. The number of ketones is 1. The lowest BCUT2D eigenvalue weighted by atomic mass is 9.95. The molecule has 4 nitrogen and oxygen atoms in total. The molecule has 2 aromatic rings. The Balaban J connectivity index is 1.77. The standard InChI is InChI=1S/C25H34N2O2/c1-4-20-7-9-21(10-8-20)19-24(26(5-2)6-3)25(28)22-11-13-23(14-12-22)27-15-17-29-18-16-27/h7-14,24H,4-6,15-19H2,1-3H3. The molecule has 1 atom stereocenters. The second kappa shape index (κ2) is 10.6. The topological polar surface area (TPSA) is 32.8 Å². The van der Waals surface area contributed by atoms with Gasteiger partial charge in [0.2, 0.25) is 0 Å². The maximum absolute atomic E-state index is 13.4. The molecule has 1 unspecified atom stereocenters. The average molecular weight is 395 g/mol. The third-order valence-electron chi connectivity index (χ3n) is 5.94. The number of nitrogens with zero attached hydrogens (tertiary/aromatic N) is 2. The van der Waals surface area contributed by atoms with Gasteiger partial charge in [-0.15, -0.1) is 0 Å². The van der Waals surface area contributed by atoms with Crippen molar-refractivity contribution in [1.29, 1.82) is 0 Å². The van der Waals surface area contributed by atoms with Gasteiger partial charge in [-0.05, 0) is 61.3 Å². The molecule has 1 saturated heterocycles. The summed E-state index contributed by atoms with van der Waals surface area (Å²) in [6.07, 6.45) is 1.78. The molecule has 29 heavy (non-hydrogen) atoms. The number of morpholine rings is 1. The summed E-state index contributed by atoms with van der Waals surface area (Å²) in [5.41, 5.74) is 4.51. The Morgan fingerprint density at radius 1 is 0.931 bits per heavy atom. The number of benzene rings is 2. The van der Waals surface area contributed by atoms with Crippen LogP contribution in [0.2, 0.25) is 0 Å². The second-order valence-electron chi connectivity index (χ2n) is 7.62.